The molecule has 4 aliphatic carbocycles. The lowest BCUT2D eigenvalue weighted by atomic mass is 9.42. The second kappa shape index (κ2) is 12.1. The number of methoxy groups -OCH3 is 1. The molecule has 42 heavy (non-hydrogen) atoms. The molecule has 0 unspecified atom stereocenters. The van der Waals surface area contributed by atoms with Gasteiger partial charge in [0, 0.05) is 19.4 Å². The van der Waals surface area contributed by atoms with Crippen LogP contribution in [0.15, 0.2) is 0 Å². The predicted molar refractivity (Wildman–Crippen MR) is 156 cm³/mol. The molecule has 5 rings (SSSR count). The van der Waals surface area contributed by atoms with Crippen molar-refractivity contribution in [3.8, 4) is 0 Å². The Kier molecular flexibility index (Phi) is 9.51. The van der Waals surface area contributed by atoms with Gasteiger partial charge in [-0.1, -0.05) is 34.6 Å². The summed E-state index contributed by atoms with van der Waals surface area (Å²) in [5.74, 6) is 0.355. The first-order valence-electron chi connectivity index (χ1n) is 16.6. The summed E-state index contributed by atoms with van der Waals surface area (Å²) < 4.78 is 17.2. The highest BCUT2D eigenvalue weighted by Crippen LogP contribution is 2.69. The van der Waals surface area contributed by atoms with E-state index in [4.69, 9.17) is 14.2 Å². The van der Waals surface area contributed by atoms with Crippen molar-refractivity contribution in [3.05, 3.63) is 0 Å². The highest BCUT2D eigenvalue weighted by atomic mass is 16.7. The first-order valence-corrected chi connectivity index (χ1v) is 16.6. The van der Waals surface area contributed by atoms with Gasteiger partial charge in [-0.2, -0.15) is 0 Å². The number of aliphatic hydroxyl groups excluding tert-OH is 5. The fourth-order valence-electron chi connectivity index (χ4n) is 10.9. The maximum Gasteiger partial charge on any atom is 0.186 e. The summed E-state index contributed by atoms with van der Waals surface area (Å²) >= 11 is 0. The first-order chi connectivity index (χ1) is 19.7. The van der Waals surface area contributed by atoms with Crippen LogP contribution < -0.4 is 0 Å². The highest BCUT2D eigenvalue weighted by Gasteiger charge is 2.70. The van der Waals surface area contributed by atoms with Crippen LogP contribution in [0.3, 0.4) is 0 Å². The number of aliphatic hydroxyl groups is 6. The minimum atomic E-state index is -1.13. The van der Waals surface area contributed by atoms with Crippen molar-refractivity contribution < 1.29 is 44.8 Å². The zero-order valence-corrected chi connectivity index (χ0v) is 26.6. The minimum absolute atomic E-state index is 0.00256. The third-order valence-electron chi connectivity index (χ3n) is 13.1. The van der Waals surface area contributed by atoms with Crippen LogP contribution in [0.25, 0.3) is 0 Å². The van der Waals surface area contributed by atoms with Crippen LogP contribution in [0.4, 0.5) is 0 Å². The maximum atomic E-state index is 12.5. The molecule has 9 nitrogen and oxygen atoms in total. The van der Waals surface area contributed by atoms with Crippen molar-refractivity contribution in [1.29, 1.82) is 0 Å². The molecule has 0 aromatic heterocycles. The molecule has 0 bridgehead atoms. The average Bonchev–Trinajstić information content (AvgIpc) is 3.19. The van der Waals surface area contributed by atoms with Crippen molar-refractivity contribution in [2.45, 2.75) is 147 Å². The molecule has 0 spiro atoms. The third-order valence-corrected chi connectivity index (χ3v) is 13.1. The predicted octanol–water partition coefficient (Wildman–Crippen LogP) is 2.61. The number of hydrogen-bond acceptors (Lipinski definition) is 9. The summed E-state index contributed by atoms with van der Waals surface area (Å²) in [5.41, 5.74) is -1.63. The Morgan fingerprint density at radius 3 is 2.24 bits per heavy atom. The molecule has 0 aromatic rings. The SMILES string of the molecule is CO[C@@H]1[C@@H](O)[C@H](O[C@@H](CC[C@@H](C)[C@H]2C[C@H](O)[C@@H]3[C@]2(C)CC[C@@H]2[C@@]4(C)CC[C@H](O)C[C@@H]4[C@@H](O)C[C@]23O)C(C)C)OC[C@H]1O. The van der Waals surface area contributed by atoms with Gasteiger partial charge in [0.1, 0.15) is 18.3 Å². The Labute approximate surface area is 251 Å². The van der Waals surface area contributed by atoms with Gasteiger partial charge in [-0.15, -0.1) is 0 Å². The smallest absolute Gasteiger partial charge is 0.186 e. The molecule has 5 fully saturated rings. The van der Waals surface area contributed by atoms with Gasteiger partial charge in [0.05, 0.1) is 36.6 Å². The Balaban J connectivity index is 1.28. The van der Waals surface area contributed by atoms with E-state index in [0.717, 1.165) is 32.1 Å². The lowest BCUT2D eigenvalue weighted by Crippen LogP contribution is -2.68. The zero-order valence-electron chi connectivity index (χ0n) is 26.6. The van der Waals surface area contributed by atoms with Gasteiger partial charge in [0.2, 0.25) is 0 Å². The van der Waals surface area contributed by atoms with Crippen molar-refractivity contribution in [2.75, 3.05) is 13.7 Å². The molecule has 9 heteroatoms. The van der Waals surface area contributed by atoms with Crippen LogP contribution in [0.2, 0.25) is 0 Å². The second-order valence-corrected chi connectivity index (χ2v) is 15.7. The largest absolute Gasteiger partial charge is 0.393 e. The molecule has 244 valence electrons. The van der Waals surface area contributed by atoms with E-state index >= 15 is 0 Å². The molecule has 0 amide bonds. The fourth-order valence-corrected chi connectivity index (χ4v) is 10.9. The van der Waals surface area contributed by atoms with Gasteiger partial charge in [-0.25, -0.2) is 0 Å². The summed E-state index contributed by atoms with van der Waals surface area (Å²) in [6.07, 6.45) is 0.929. The molecule has 1 aliphatic heterocycles. The number of ether oxygens (including phenoxy) is 3. The van der Waals surface area contributed by atoms with Crippen LogP contribution in [-0.2, 0) is 14.2 Å². The monoisotopic (exact) mass is 598 g/mol. The summed E-state index contributed by atoms with van der Waals surface area (Å²) in [6, 6.07) is 0. The number of hydrogen-bond donors (Lipinski definition) is 6. The Bertz CT molecular complexity index is 933. The topological polar surface area (TPSA) is 149 Å². The third kappa shape index (κ3) is 5.41. The lowest BCUT2D eigenvalue weighted by molar-refractivity contribution is -0.290. The molecule has 4 saturated carbocycles. The average molecular weight is 599 g/mol. The Morgan fingerprint density at radius 2 is 1.57 bits per heavy atom. The van der Waals surface area contributed by atoms with E-state index in [9.17, 15) is 30.6 Å². The van der Waals surface area contributed by atoms with E-state index in [1.807, 2.05) is 0 Å². The van der Waals surface area contributed by atoms with Crippen LogP contribution in [0, 0.1) is 46.3 Å². The maximum absolute atomic E-state index is 12.5. The normalized spacial score (nSPS) is 52.4. The molecule has 1 saturated heterocycles. The summed E-state index contributed by atoms with van der Waals surface area (Å²) in [4.78, 5) is 0. The first kappa shape index (κ1) is 33.0. The Hall–Kier alpha value is -0.360. The number of fused-ring (bicyclic) bond motifs is 5. The van der Waals surface area contributed by atoms with E-state index in [1.54, 1.807) is 0 Å². The molecular formula is C33H58O9. The van der Waals surface area contributed by atoms with E-state index in [2.05, 4.69) is 34.6 Å². The van der Waals surface area contributed by atoms with Gasteiger partial charge in [-0.05, 0) is 91.8 Å². The van der Waals surface area contributed by atoms with E-state index in [1.165, 1.54) is 7.11 Å². The van der Waals surface area contributed by atoms with Crippen LogP contribution in [-0.4, -0.2) is 99.0 Å². The van der Waals surface area contributed by atoms with E-state index in [-0.39, 0.29) is 71.6 Å². The van der Waals surface area contributed by atoms with Crippen molar-refractivity contribution in [3.63, 3.8) is 0 Å². The number of rotatable bonds is 8. The van der Waals surface area contributed by atoms with Crippen LogP contribution >= 0.6 is 0 Å². The van der Waals surface area contributed by atoms with Gasteiger partial charge in [-0.3, -0.25) is 0 Å². The highest BCUT2D eigenvalue weighted by molar-refractivity contribution is 5.20. The standard InChI is InChI=1S/C33H58O9/c1-17(2)25(42-30-27(38)28(40-6)24(37)16-41-30)8-7-18(3)20-14-22(35)29-32(20,5)12-10-26-31(4)11-9-19(34)13-21(31)23(36)15-33(26,29)39/h17-30,34-39H,7-16H2,1-6H3/t18-,19+,20-,21-,22+,23+,24-,25+,26-,27-,28+,29-,30+,31+,32-,33+/m1/s1. The van der Waals surface area contributed by atoms with Crippen LogP contribution in [0.1, 0.15) is 92.4 Å². The van der Waals surface area contributed by atoms with Gasteiger partial charge in [0.25, 0.3) is 0 Å². The molecular weight excluding hydrogens is 540 g/mol. The molecule has 16 atom stereocenters. The molecule has 0 aromatic carbocycles. The lowest BCUT2D eigenvalue weighted by Gasteiger charge is -2.66. The molecule has 0 radical (unpaired) electrons. The molecule has 1 heterocycles. The van der Waals surface area contributed by atoms with E-state index in [0.29, 0.717) is 19.3 Å². The quantitative estimate of drug-likeness (QED) is 0.248. The zero-order chi connectivity index (χ0) is 30.8. The van der Waals surface area contributed by atoms with Crippen molar-refractivity contribution >= 4 is 0 Å². The summed E-state index contributed by atoms with van der Waals surface area (Å²) in [5, 5.41) is 66.7. The van der Waals surface area contributed by atoms with E-state index < -0.39 is 42.4 Å². The van der Waals surface area contributed by atoms with Crippen molar-refractivity contribution in [1.82, 2.24) is 0 Å². The van der Waals surface area contributed by atoms with Crippen LogP contribution in [0.5, 0.6) is 0 Å². The second-order valence-electron chi connectivity index (χ2n) is 15.7. The Morgan fingerprint density at radius 1 is 0.881 bits per heavy atom. The summed E-state index contributed by atoms with van der Waals surface area (Å²) in [6.45, 7) is 10.9. The fraction of sp³-hybridized carbons (Fsp3) is 1.00. The van der Waals surface area contributed by atoms with Gasteiger partial charge in [0.15, 0.2) is 6.29 Å². The summed E-state index contributed by atoms with van der Waals surface area (Å²) in [7, 11) is 1.46. The van der Waals surface area contributed by atoms with Gasteiger partial charge >= 0.3 is 0 Å². The minimum Gasteiger partial charge on any atom is -0.393 e. The van der Waals surface area contributed by atoms with Gasteiger partial charge < -0.3 is 44.8 Å². The van der Waals surface area contributed by atoms with Crippen molar-refractivity contribution in [2.24, 2.45) is 46.3 Å². The molecule has 6 N–H and O–H groups in total. The molecule has 5 aliphatic rings.